The number of alkyl carbamates (subject to hydrolysis) is 1. The van der Waals surface area contributed by atoms with Crippen LogP contribution in [0.1, 0.15) is 56.6 Å². The van der Waals surface area contributed by atoms with E-state index >= 15 is 0 Å². The Morgan fingerprint density at radius 3 is 2.26 bits per heavy atom. The zero-order valence-electron chi connectivity index (χ0n) is 19.7. The molecule has 2 aliphatic rings. The van der Waals surface area contributed by atoms with Gasteiger partial charge in [0.2, 0.25) is 5.91 Å². The summed E-state index contributed by atoms with van der Waals surface area (Å²) >= 11 is 0. The number of rotatable bonds is 7. The first-order valence-electron chi connectivity index (χ1n) is 12.0. The molecule has 7 heteroatoms. The molecule has 1 unspecified atom stereocenters. The standard InChI is InChI=1S/C27H32N2O5/c1-3-19(15-25(30)29-13-12-18(26(31)32)14-17(29)2)28-27(33)34-16-24-22-10-6-4-8-20(22)21-9-5-7-11-23(21)24/h4-11,17-19,24H,3,12-16H2,1-2H3,(H,28,33)(H,31,32)/t17-,18-,19?/m0/s1. The van der Waals surface area contributed by atoms with E-state index in [0.29, 0.717) is 25.8 Å². The summed E-state index contributed by atoms with van der Waals surface area (Å²) in [6.45, 7) is 4.46. The fourth-order valence-electron chi connectivity index (χ4n) is 5.20. The van der Waals surface area contributed by atoms with Crippen LogP contribution in [-0.4, -0.2) is 53.2 Å². The third-order valence-electron chi connectivity index (χ3n) is 7.13. The van der Waals surface area contributed by atoms with Crippen LogP contribution in [0.25, 0.3) is 11.1 Å². The summed E-state index contributed by atoms with van der Waals surface area (Å²) < 4.78 is 5.62. The van der Waals surface area contributed by atoms with Gasteiger partial charge >= 0.3 is 12.1 Å². The van der Waals surface area contributed by atoms with Crippen molar-refractivity contribution < 1.29 is 24.2 Å². The van der Waals surface area contributed by atoms with Gasteiger partial charge < -0.3 is 20.1 Å². The fourth-order valence-corrected chi connectivity index (χ4v) is 5.20. The molecular formula is C27H32N2O5. The quantitative estimate of drug-likeness (QED) is 0.633. The summed E-state index contributed by atoms with van der Waals surface area (Å²) in [6, 6.07) is 15.9. The Kier molecular flexibility index (Phi) is 7.20. The lowest BCUT2D eigenvalue weighted by Crippen LogP contribution is -2.48. The molecule has 4 rings (SSSR count). The lowest BCUT2D eigenvalue weighted by molar-refractivity contribution is -0.147. The fraction of sp³-hybridized carbons (Fsp3) is 0.444. The first-order valence-corrected chi connectivity index (χ1v) is 12.0. The highest BCUT2D eigenvalue weighted by atomic mass is 16.5. The summed E-state index contributed by atoms with van der Waals surface area (Å²) in [5.41, 5.74) is 4.64. The van der Waals surface area contributed by atoms with Crippen molar-refractivity contribution >= 4 is 18.0 Å². The minimum Gasteiger partial charge on any atom is -0.481 e. The van der Waals surface area contributed by atoms with Crippen LogP contribution in [-0.2, 0) is 14.3 Å². The molecule has 0 bridgehead atoms. The van der Waals surface area contributed by atoms with Crippen LogP contribution in [0.4, 0.5) is 4.79 Å². The largest absolute Gasteiger partial charge is 0.481 e. The number of amides is 2. The molecule has 0 radical (unpaired) electrons. The van der Waals surface area contributed by atoms with E-state index in [1.54, 1.807) is 4.90 Å². The van der Waals surface area contributed by atoms with E-state index in [4.69, 9.17) is 4.74 Å². The van der Waals surface area contributed by atoms with Crippen molar-refractivity contribution in [3.05, 3.63) is 59.7 Å². The van der Waals surface area contributed by atoms with Crippen LogP contribution in [0, 0.1) is 5.92 Å². The van der Waals surface area contributed by atoms with Gasteiger partial charge in [0.25, 0.3) is 0 Å². The second kappa shape index (κ2) is 10.3. The third-order valence-corrected chi connectivity index (χ3v) is 7.13. The Balaban J connectivity index is 1.32. The zero-order chi connectivity index (χ0) is 24.2. The van der Waals surface area contributed by atoms with Gasteiger partial charge in [0.05, 0.1) is 5.92 Å². The van der Waals surface area contributed by atoms with Crippen molar-refractivity contribution in [1.82, 2.24) is 10.2 Å². The number of hydrogen-bond acceptors (Lipinski definition) is 4. The van der Waals surface area contributed by atoms with Gasteiger partial charge in [0, 0.05) is 31.0 Å². The van der Waals surface area contributed by atoms with Crippen LogP contribution >= 0.6 is 0 Å². The molecule has 1 fully saturated rings. The second-order valence-corrected chi connectivity index (χ2v) is 9.27. The maximum atomic E-state index is 12.9. The molecule has 34 heavy (non-hydrogen) atoms. The maximum absolute atomic E-state index is 12.9. The van der Waals surface area contributed by atoms with Gasteiger partial charge in [-0.15, -0.1) is 0 Å². The summed E-state index contributed by atoms with van der Waals surface area (Å²) in [7, 11) is 0. The van der Waals surface area contributed by atoms with Crippen molar-refractivity contribution in [2.75, 3.05) is 13.2 Å². The van der Waals surface area contributed by atoms with E-state index in [1.807, 2.05) is 38.1 Å². The molecule has 2 aromatic carbocycles. The molecule has 7 nitrogen and oxygen atoms in total. The predicted octanol–water partition coefficient (Wildman–Crippen LogP) is 4.41. The van der Waals surface area contributed by atoms with Crippen LogP contribution in [0.3, 0.4) is 0 Å². The number of carbonyl (C=O) groups is 3. The van der Waals surface area contributed by atoms with Gasteiger partial charge in [0.15, 0.2) is 0 Å². The average Bonchev–Trinajstić information content (AvgIpc) is 3.15. The highest BCUT2D eigenvalue weighted by Crippen LogP contribution is 2.44. The molecule has 2 amide bonds. The molecule has 2 aromatic rings. The van der Waals surface area contributed by atoms with Gasteiger partial charge in [-0.1, -0.05) is 55.5 Å². The van der Waals surface area contributed by atoms with Gasteiger partial charge in [0.1, 0.15) is 6.61 Å². The number of nitrogens with zero attached hydrogens (tertiary/aromatic N) is 1. The summed E-state index contributed by atoms with van der Waals surface area (Å²) in [4.78, 5) is 38.5. The minimum absolute atomic E-state index is 0.0174. The van der Waals surface area contributed by atoms with E-state index in [-0.39, 0.29) is 36.9 Å². The Morgan fingerprint density at radius 2 is 1.71 bits per heavy atom. The Bertz CT molecular complexity index is 1020. The van der Waals surface area contributed by atoms with E-state index in [2.05, 4.69) is 29.6 Å². The monoisotopic (exact) mass is 464 g/mol. The number of nitrogens with one attached hydrogen (secondary N) is 1. The lowest BCUT2D eigenvalue weighted by atomic mass is 9.91. The first-order chi connectivity index (χ1) is 16.4. The molecule has 1 saturated heterocycles. The highest BCUT2D eigenvalue weighted by Gasteiger charge is 2.33. The molecule has 1 aliphatic heterocycles. The van der Waals surface area contributed by atoms with Crippen molar-refractivity contribution in [1.29, 1.82) is 0 Å². The number of fused-ring (bicyclic) bond motifs is 3. The average molecular weight is 465 g/mol. The lowest BCUT2D eigenvalue weighted by Gasteiger charge is -2.37. The Morgan fingerprint density at radius 1 is 1.09 bits per heavy atom. The number of hydrogen-bond donors (Lipinski definition) is 2. The van der Waals surface area contributed by atoms with E-state index in [0.717, 1.165) is 11.1 Å². The SMILES string of the molecule is CCC(CC(=O)N1CC[C@H](C(=O)O)C[C@@H]1C)NC(=O)OCC1c2ccccc2-c2ccccc21. The zero-order valence-corrected chi connectivity index (χ0v) is 19.7. The van der Waals surface area contributed by atoms with E-state index in [1.165, 1.54) is 11.1 Å². The predicted molar refractivity (Wildman–Crippen MR) is 128 cm³/mol. The topological polar surface area (TPSA) is 95.9 Å². The second-order valence-electron chi connectivity index (χ2n) is 9.27. The number of piperidine rings is 1. The van der Waals surface area contributed by atoms with E-state index in [9.17, 15) is 19.5 Å². The molecule has 180 valence electrons. The maximum Gasteiger partial charge on any atom is 0.407 e. The molecule has 1 aliphatic carbocycles. The van der Waals surface area contributed by atoms with Crippen LogP contribution in [0.2, 0.25) is 0 Å². The number of benzene rings is 2. The molecule has 1 heterocycles. The van der Waals surface area contributed by atoms with Crippen molar-refractivity contribution in [3.8, 4) is 11.1 Å². The van der Waals surface area contributed by atoms with E-state index < -0.39 is 18.0 Å². The minimum atomic E-state index is -0.803. The number of aliphatic carboxylic acids is 1. The molecule has 3 atom stereocenters. The number of likely N-dealkylation sites (tertiary alicyclic amines) is 1. The molecule has 0 saturated carbocycles. The number of carboxylic acids is 1. The number of carboxylic acid groups (broad SMARTS) is 1. The summed E-state index contributed by atoms with van der Waals surface area (Å²) in [5.74, 6) is -1.29. The smallest absolute Gasteiger partial charge is 0.407 e. The molecule has 0 aromatic heterocycles. The van der Waals surface area contributed by atoms with Gasteiger partial charge in [-0.05, 0) is 48.4 Å². The number of carbonyl (C=O) groups excluding carboxylic acids is 2. The Labute approximate surface area is 200 Å². The summed E-state index contributed by atoms with van der Waals surface area (Å²) in [5, 5.41) is 12.1. The molecular weight excluding hydrogens is 432 g/mol. The summed E-state index contributed by atoms with van der Waals surface area (Å²) in [6.07, 6.45) is 1.15. The van der Waals surface area contributed by atoms with Crippen molar-refractivity contribution in [2.24, 2.45) is 5.92 Å². The molecule has 2 N–H and O–H groups in total. The third kappa shape index (κ3) is 4.93. The van der Waals surface area contributed by atoms with Crippen molar-refractivity contribution in [2.45, 2.75) is 57.5 Å². The molecule has 0 spiro atoms. The first kappa shape index (κ1) is 23.8. The Hall–Kier alpha value is -3.35. The highest BCUT2D eigenvalue weighted by molar-refractivity contribution is 5.80. The van der Waals surface area contributed by atoms with Gasteiger partial charge in [-0.2, -0.15) is 0 Å². The number of ether oxygens (including phenoxy) is 1. The van der Waals surface area contributed by atoms with Crippen LogP contribution in [0.5, 0.6) is 0 Å². The van der Waals surface area contributed by atoms with Gasteiger partial charge in [-0.3, -0.25) is 9.59 Å². The van der Waals surface area contributed by atoms with Crippen LogP contribution < -0.4 is 5.32 Å². The van der Waals surface area contributed by atoms with Gasteiger partial charge in [-0.25, -0.2) is 4.79 Å². The normalized spacial score (nSPS) is 20.2. The van der Waals surface area contributed by atoms with Crippen LogP contribution in [0.15, 0.2) is 48.5 Å². The van der Waals surface area contributed by atoms with Crippen molar-refractivity contribution in [3.63, 3.8) is 0 Å².